The summed E-state index contributed by atoms with van der Waals surface area (Å²) < 4.78 is 25.1. The Balaban J connectivity index is 1.38. The van der Waals surface area contributed by atoms with Crippen LogP contribution in [0.25, 0.3) is 0 Å². The van der Waals surface area contributed by atoms with E-state index in [9.17, 15) is 46.0 Å². The van der Waals surface area contributed by atoms with E-state index >= 15 is 0 Å². The van der Waals surface area contributed by atoms with Gasteiger partial charge in [0.15, 0.2) is 12.6 Å². The summed E-state index contributed by atoms with van der Waals surface area (Å²) in [7, 11) is 0. The standard InChI is InChI=1S/C42H72O13/c1-20(2)11-10-14-42(9,51)22-12-16-40(7)28(22)23(44)17-26-39(6)15-13-27(45)38(4,5)35(39)24(18-41(26,40)8)53-37-34(32(49)30(47)25(19-43)54-37)55-36-33(50)31(48)29(46)21(3)52-36/h11,21-37,43-51H,10,12-19H2,1-9H3/t21?,22-,23+,24-,25?,26+,27-,28-,29-,30+,31?,32?,33?,34?,35-,36-,37+,39+,40+,41+,42-/m0/s1. The summed E-state index contributed by atoms with van der Waals surface area (Å²) >= 11 is 0. The number of hydrogen-bond donors (Lipinski definition) is 9. The monoisotopic (exact) mass is 784 g/mol. The van der Waals surface area contributed by atoms with Crippen molar-refractivity contribution < 1.29 is 64.9 Å². The summed E-state index contributed by atoms with van der Waals surface area (Å²) in [5.41, 5.74) is -1.71. The molecule has 6 unspecified atom stereocenters. The zero-order chi connectivity index (χ0) is 40.8. The van der Waals surface area contributed by atoms with Crippen LogP contribution in [0.2, 0.25) is 0 Å². The van der Waals surface area contributed by atoms with Gasteiger partial charge in [0.2, 0.25) is 0 Å². The quantitative estimate of drug-likeness (QED) is 0.121. The van der Waals surface area contributed by atoms with Gasteiger partial charge in [0, 0.05) is 0 Å². The van der Waals surface area contributed by atoms with Gasteiger partial charge in [-0.2, -0.15) is 0 Å². The first-order valence-corrected chi connectivity index (χ1v) is 20.8. The first-order chi connectivity index (χ1) is 25.5. The van der Waals surface area contributed by atoms with E-state index in [1.54, 1.807) is 0 Å². The summed E-state index contributed by atoms with van der Waals surface area (Å²) in [5, 5.41) is 100. The SMILES string of the molecule is CC(C)=CCC[C@](C)(O)[C@H]1CC[C@]2(C)[C@@H]1[C@H](O)C[C@@H]1[C@@]3(C)CC[C@H](O)C(C)(C)[C@@H]3[C@@H](O[C@@H]3OC(CO)[C@@H](O)C(O)C3O[C@@H]3OC(C)[C@H](O)C(O)C3O)C[C@]12C. The van der Waals surface area contributed by atoms with Gasteiger partial charge in [-0.15, -0.1) is 0 Å². The fourth-order valence-electron chi connectivity index (χ4n) is 13.3. The molecule has 9 N–H and O–H groups in total. The molecule has 0 aromatic carbocycles. The number of fused-ring (bicyclic) bond motifs is 5. The first-order valence-electron chi connectivity index (χ1n) is 20.8. The molecule has 0 amide bonds. The van der Waals surface area contributed by atoms with Crippen LogP contribution in [0.5, 0.6) is 0 Å². The molecule has 318 valence electrons. The Bertz CT molecular complexity index is 1390. The Labute approximate surface area is 327 Å². The summed E-state index contributed by atoms with van der Waals surface area (Å²) in [6.07, 6.45) is -8.99. The van der Waals surface area contributed by atoms with Crippen molar-refractivity contribution in [2.75, 3.05) is 6.61 Å². The minimum absolute atomic E-state index is 0.0411. The van der Waals surface area contributed by atoms with Crippen LogP contribution in [-0.4, -0.2) is 138 Å². The third-order valence-corrected chi connectivity index (χ3v) is 16.5. The van der Waals surface area contributed by atoms with Crippen LogP contribution >= 0.6 is 0 Å². The average Bonchev–Trinajstić information content (AvgIpc) is 3.49. The molecule has 4 aliphatic carbocycles. The number of rotatable bonds is 9. The lowest BCUT2D eigenvalue weighted by molar-refractivity contribution is -0.382. The maximum absolute atomic E-state index is 12.3. The molecule has 0 bridgehead atoms. The first kappa shape index (κ1) is 43.8. The fraction of sp³-hybridized carbons (Fsp3) is 0.952. The lowest BCUT2D eigenvalue weighted by atomic mass is 9.34. The molecule has 21 atom stereocenters. The Morgan fingerprint density at radius 1 is 0.818 bits per heavy atom. The molecular weight excluding hydrogens is 712 g/mol. The molecule has 2 aliphatic heterocycles. The molecule has 2 saturated heterocycles. The maximum atomic E-state index is 12.3. The summed E-state index contributed by atoms with van der Waals surface area (Å²) in [4.78, 5) is 0. The van der Waals surface area contributed by atoms with E-state index in [2.05, 4.69) is 40.7 Å². The van der Waals surface area contributed by atoms with Gasteiger partial charge in [-0.25, -0.2) is 0 Å². The van der Waals surface area contributed by atoms with Crippen molar-refractivity contribution in [2.45, 2.75) is 199 Å². The smallest absolute Gasteiger partial charge is 0.187 e. The highest BCUT2D eigenvalue weighted by Gasteiger charge is 2.73. The molecule has 6 fully saturated rings. The fourth-order valence-corrected chi connectivity index (χ4v) is 13.3. The highest BCUT2D eigenvalue weighted by Crippen LogP contribution is 2.76. The third-order valence-electron chi connectivity index (χ3n) is 16.5. The molecular formula is C42H72O13. The second-order valence-electron chi connectivity index (χ2n) is 20.3. The lowest BCUT2D eigenvalue weighted by Crippen LogP contribution is -2.71. The summed E-state index contributed by atoms with van der Waals surface area (Å²) in [6.45, 7) is 17.8. The van der Waals surface area contributed by atoms with Gasteiger partial charge in [0.05, 0.1) is 36.6 Å². The van der Waals surface area contributed by atoms with Crippen molar-refractivity contribution in [3.63, 3.8) is 0 Å². The normalized spacial score (nSPS) is 53.4. The van der Waals surface area contributed by atoms with Crippen LogP contribution in [-0.2, 0) is 18.9 Å². The van der Waals surface area contributed by atoms with Crippen LogP contribution in [0, 0.1) is 45.3 Å². The van der Waals surface area contributed by atoms with Crippen molar-refractivity contribution >= 4 is 0 Å². The molecule has 0 radical (unpaired) electrons. The third kappa shape index (κ3) is 7.10. The highest BCUT2D eigenvalue weighted by molar-refractivity contribution is 5.22. The predicted molar refractivity (Wildman–Crippen MR) is 201 cm³/mol. The van der Waals surface area contributed by atoms with Gasteiger partial charge in [-0.1, -0.05) is 46.3 Å². The van der Waals surface area contributed by atoms with Crippen LogP contribution in [0.15, 0.2) is 11.6 Å². The summed E-state index contributed by atoms with van der Waals surface area (Å²) in [6, 6.07) is 0. The van der Waals surface area contributed by atoms with Crippen molar-refractivity contribution in [3.05, 3.63) is 11.6 Å². The number of hydrogen-bond acceptors (Lipinski definition) is 13. The van der Waals surface area contributed by atoms with E-state index in [-0.39, 0.29) is 23.7 Å². The van der Waals surface area contributed by atoms with E-state index < -0.39 is 114 Å². The van der Waals surface area contributed by atoms with Crippen molar-refractivity contribution in [1.82, 2.24) is 0 Å². The Morgan fingerprint density at radius 3 is 2.13 bits per heavy atom. The molecule has 6 aliphatic rings. The zero-order valence-electron chi connectivity index (χ0n) is 34.4. The van der Waals surface area contributed by atoms with Crippen LogP contribution < -0.4 is 0 Å². The predicted octanol–water partition coefficient (Wildman–Crippen LogP) is 2.15. The van der Waals surface area contributed by atoms with Crippen molar-refractivity contribution in [1.29, 1.82) is 0 Å². The number of ether oxygens (including phenoxy) is 4. The zero-order valence-corrected chi connectivity index (χ0v) is 34.4. The second kappa shape index (κ2) is 15.4. The van der Waals surface area contributed by atoms with Crippen LogP contribution in [0.3, 0.4) is 0 Å². The Kier molecular flexibility index (Phi) is 12.2. The Hall–Kier alpha value is -0.780. The van der Waals surface area contributed by atoms with Crippen molar-refractivity contribution in [2.24, 2.45) is 45.3 Å². The minimum Gasteiger partial charge on any atom is -0.394 e. The van der Waals surface area contributed by atoms with Crippen LogP contribution in [0.4, 0.5) is 0 Å². The molecule has 0 spiro atoms. The molecule has 13 heteroatoms. The van der Waals surface area contributed by atoms with E-state index in [1.807, 2.05) is 20.8 Å². The molecule has 55 heavy (non-hydrogen) atoms. The maximum Gasteiger partial charge on any atom is 0.187 e. The minimum atomic E-state index is -1.70. The largest absolute Gasteiger partial charge is 0.394 e. The molecule has 0 aromatic heterocycles. The number of aliphatic hydroxyl groups excluding tert-OH is 8. The molecule has 4 saturated carbocycles. The average molecular weight is 785 g/mol. The second-order valence-corrected chi connectivity index (χ2v) is 20.3. The van der Waals surface area contributed by atoms with Crippen molar-refractivity contribution in [3.8, 4) is 0 Å². The highest BCUT2D eigenvalue weighted by atomic mass is 16.8. The van der Waals surface area contributed by atoms with Gasteiger partial charge in [0.25, 0.3) is 0 Å². The van der Waals surface area contributed by atoms with Gasteiger partial charge < -0.3 is 64.9 Å². The van der Waals surface area contributed by atoms with Gasteiger partial charge in [-0.05, 0) is 124 Å². The van der Waals surface area contributed by atoms with Gasteiger partial charge >= 0.3 is 0 Å². The molecule has 13 nitrogen and oxygen atoms in total. The molecule has 2 heterocycles. The number of allylic oxidation sites excluding steroid dienone is 2. The van der Waals surface area contributed by atoms with E-state index in [0.29, 0.717) is 32.1 Å². The van der Waals surface area contributed by atoms with Gasteiger partial charge in [0.1, 0.15) is 42.7 Å². The molecule has 6 rings (SSSR count). The van der Waals surface area contributed by atoms with Crippen LogP contribution in [0.1, 0.15) is 114 Å². The summed E-state index contributed by atoms with van der Waals surface area (Å²) in [5.74, 6) is -0.526. The van der Waals surface area contributed by atoms with E-state index in [1.165, 1.54) is 12.5 Å². The van der Waals surface area contributed by atoms with E-state index in [4.69, 9.17) is 18.9 Å². The lowest BCUT2D eigenvalue weighted by Gasteiger charge is -2.72. The van der Waals surface area contributed by atoms with E-state index in [0.717, 1.165) is 19.3 Å². The topological polar surface area (TPSA) is 219 Å². The molecule has 0 aromatic rings. The number of aliphatic hydroxyl groups is 9. The van der Waals surface area contributed by atoms with Gasteiger partial charge in [-0.3, -0.25) is 0 Å². The Morgan fingerprint density at radius 2 is 1.49 bits per heavy atom.